The lowest BCUT2D eigenvalue weighted by Gasteiger charge is -2.29. The zero-order chi connectivity index (χ0) is 21.6. The third-order valence-electron chi connectivity index (χ3n) is 4.79. The molecule has 0 unspecified atom stereocenters. The molecule has 0 saturated heterocycles. The molecule has 0 bridgehead atoms. The Hall–Kier alpha value is -2.54. The van der Waals surface area contributed by atoms with Crippen molar-refractivity contribution in [2.75, 3.05) is 24.2 Å². The van der Waals surface area contributed by atoms with Crippen LogP contribution in [-0.4, -0.2) is 40.3 Å². The third kappa shape index (κ3) is 6.22. The van der Waals surface area contributed by atoms with Crippen LogP contribution in [0.3, 0.4) is 0 Å². The lowest BCUT2D eigenvalue weighted by molar-refractivity contribution is -0.121. The first-order valence-corrected chi connectivity index (χ1v) is 11.5. The molecule has 158 valence electrons. The first-order chi connectivity index (χ1) is 13.6. The highest BCUT2D eigenvalue weighted by atomic mass is 32.2. The number of anilines is 1. The average molecular weight is 419 g/mol. The van der Waals surface area contributed by atoms with Crippen LogP contribution < -0.4 is 14.4 Å². The van der Waals surface area contributed by atoms with E-state index in [0.717, 1.165) is 41.5 Å². The maximum Gasteiger partial charge on any atom is 0.243 e. The van der Waals surface area contributed by atoms with Crippen LogP contribution in [0.1, 0.15) is 30.0 Å². The van der Waals surface area contributed by atoms with Crippen molar-refractivity contribution >= 4 is 21.6 Å². The molecule has 2 aromatic rings. The lowest BCUT2D eigenvalue weighted by atomic mass is 10.1. The molecule has 0 saturated carbocycles. The van der Waals surface area contributed by atoms with Gasteiger partial charge in [0.2, 0.25) is 15.9 Å². The molecule has 2 rings (SSSR count). The van der Waals surface area contributed by atoms with Gasteiger partial charge in [0, 0.05) is 6.54 Å². The van der Waals surface area contributed by atoms with Gasteiger partial charge in [0.1, 0.15) is 11.8 Å². The monoisotopic (exact) mass is 418 g/mol. The molecule has 0 aliphatic carbocycles. The molecule has 2 aromatic carbocycles. The van der Waals surface area contributed by atoms with Gasteiger partial charge in [-0.15, -0.1) is 0 Å². The summed E-state index contributed by atoms with van der Waals surface area (Å²) in [6.07, 6.45) is 2.70. The van der Waals surface area contributed by atoms with Gasteiger partial charge >= 0.3 is 0 Å². The van der Waals surface area contributed by atoms with Gasteiger partial charge in [-0.2, -0.15) is 0 Å². The number of nitrogens with one attached hydrogen (secondary N) is 1. The standard InChI is InChI=1S/C22H30N2O4S/c1-16-8-9-17(2)21(15-16)24(29(5,26)27)18(3)22(25)23-14-6-7-19-10-12-20(28-4)13-11-19/h8-13,15,18H,6-7,14H2,1-5H3,(H,23,25)/t18-/m1/s1. The molecular weight excluding hydrogens is 388 g/mol. The van der Waals surface area contributed by atoms with E-state index in [1.807, 2.05) is 50.2 Å². The van der Waals surface area contributed by atoms with Crippen molar-refractivity contribution in [2.45, 2.75) is 39.7 Å². The van der Waals surface area contributed by atoms with E-state index in [4.69, 9.17) is 4.74 Å². The summed E-state index contributed by atoms with van der Waals surface area (Å²) in [5, 5.41) is 2.86. The summed E-state index contributed by atoms with van der Waals surface area (Å²) in [5.74, 6) is 0.495. The highest BCUT2D eigenvalue weighted by Crippen LogP contribution is 2.26. The van der Waals surface area contributed by atoms with Gasteiger partial charge in [0.25, 0.3) is 0 Å². The zero-order valence-corrected chi connectivity index (χ0v) is 18.5. The number of ether oxygens (including phenoxy) is 1. The number of hydrogen-bond acceptors (Lipinski definition) is 4. The van der Waals surface area contributed by atoms with E-state index < -0.39 is 16.1 Å². The van der Waals surface area contributed by atoms with Gasteiger partial charge in [-0.1, -0.05) is 24.3 Å². The molecule has 6 nitrogen and oxygen atoms in total. The van der Waals surface area contributed by atoms with Crippen LogP contribution in [0, 0.1) is 13.8 Å². The van der Waals surface area contributed by atoms with Crippen LogP contribution in [0.2, 0.25) is 0 Å². The van der Waals surface area contributed by atoms with E-state index >= 15 is 0 Å². The van der Waals surface area contributed by atoms with Crippen LogP contribution in [0.5, 0.6) is 5.75 Å². The quantitative estimate of drug-likeness (QED) is 0.635. The minimum Gasteiger partial charge on any atom is -0.497 e. The lowest BCUT2D eigenvalue weighted by Crippen LogP contribution is -2.48. The Labute approximate surface area is 173 Å². The minimum absolute atomic E-state index is 0.314. The minimum atomic E-state index is -3.62. The van der Waals surface area contributed by atoms with E-state index in [0.29, 0.717) is 12.2 Å². The van der Waals surface area contributed by atoms with E-state index in [2.05, 4.69) is 5.32 Å². The maximum atomic E-state index is 12.7. The SMILES string of the molecule is COc1ccc(CCCNC(=O)[C@@H](C)N(c2cc(C)ccc2C)S(C)(=O)=O)cc1. The molecule has 0 radical (unpaired) electrons. The zero-order valence-electron chi connectivity index (χ0n) is 17.7. The second-order valence-electron chi connectivity index (χ2n) is 7.27. The number of amides is 1. The number of methoxy groups -OCH3 is 1. The predicted molar refractivity (Wildman–Crippen MR) is 117 cm³/mol. The Kier molecular flexibility index (Phi) is 7.67. The van der Waals surface area contributed by atoms with Crippen molar-refractivity contribution in [3.63, 3.8) is 0 Å². The number of sulfonamides is 1. The molecule has 0 fully saturated rings. The fraction of sp³-hybridized carbons (Fsp3) is 0.409. The first-order valence-electron chi connectivity index (χ1n) is 9.60. The largest absolute Gasteiger partial charge is 0.497 e. The summed E-state index contributed by atoms with van der Waals surface area (Å²) in [4.78, 5) is 12.7. The predicted octanol–water partition coefficient (Wildman–Crippen LogP) is 3.22. The van der Waals surface area contributed by atoms with E-state index in [1.165, 1.54) is 4.31 Å². The summed E-state index contributed by atoms with van der Waals surface area (Å²) in [5.41, 5.74) is 3.43. The number of aryl methyl sites for hydroxylation is 3. The maximum absolute atomic E-state index is 12.7. The summed E-state index contributed by atoms with van der Waals surface area (Å²) < 4.78 is 31.2. The van der Waals surface area contributed by atoms with Gasteiger partial charge in [0.05, 0.1) is 19.1 Å². The van der Waals surface area contributed by atoms with Crippen molar-refractivity contribution in [3.05, 3.63) is 59.2 Å². The Balaban J connectivity index is 2.01. The molecule has 1 atom stereocenters. The topological polar surface area (TPSA) is 75.7 Å². The van der Waals surface area contributed by atoms with Crippen LogP contribution in [0.4, 0.5) is 5.69 Å². The highest BCUT2D eigenvalue weighted by molar-refractivity contribution is 7.92. The second kappa shape index (κ2) is 9.78. The number of carbonyl (C=O) groups is 1. The summed E-state index contributed by atoms with van der Waals surface area (Å²) in [7, 11) is -1.99. The number of benzene rings is 2. The Morgan fingerprint density at radius 3 is 2.38 bits per heavy atom. The van der Waals surface area contributed by atoms with Crippen molar-refractivity contribution in [1.29, 1.82) is 0 Å². The van der Waals surface area contributed by atoms with Crippen molar-refractivity contribution in [3.8, 4) is 5.75 Å². The summed E-state index contributed by atoms with van der Waals surface area (Å²) >= 11 is 0. The normalized spacial score (nSPS) is 12.3. The highest BCUT2D eigenvalue weighted by Gasteiger charge is 2.29. The van der Waals surface area contributed by atoms with Crippen LogP contribution in [0.25, 0.3) is 0 Å². The Bertz CT molecular complexity index is 940. The fourth-order valence-electron chi connectivity index (χ4n) is 3.18. The number of carbonyl (C=O) groups excluding carboxylic acids is 1. The van der Waals surface area contributed by atoms with E-state index in [9.17, 15) is 13.2 Å². The molecule has 1 N–H and O–H groups in total. The van der Waals surface area contributed by atoms with Gasteiger partial charge in [-0.05, 0) is 68.5 Å². The second-order valence-corrected chi connectivity index (χ2v) is 9.13. The Morgan fingerprint density at radius 1 is 1.14 bits per heavy atom. The first kappa shape index (κ1) is 22.7. The van der Waals surface area contributed by atoms with Gasteiger partial charge < -0.3 is 10.1 Å². The molecule has 7 heteroatoms. The smallest absolute Gasteiger partial charge is 0.243 e. The molecule has 0 heterocycles. The van der Waals surface area contributed by atoms with Crippen molar-refractivity contribution < 1.29 is 17.9 Å². The number of nitrogens with zero attached hydrogens (tertiary/aromatic N) is 1. The van der Waals surface area contributed by atoms with E-state index in [1.54, 1.807) is 20.1 Å². The van der Waals surface area contributed by atoms with Gasteiger partial charge in [-0.25, -0.2) is 8.42 Å². The Morgan fingerprint density at radius 2 is 1.79 bits per heavy atom. The van der Waals surface area contributed by atoms with Crippen LogP contribution >= 0.6 is 0 Å². The number of rotatable bonds is 9. The van der Waals surface area contributed by atoms with Crippen LogP contribution in [-0.2, 0) is 21.2 Å². The van der Waals surface area contributed by atoms with Crippen LogP contribution in [0.15, 0.2) is 42.5 Å². The summed E-state index contributed by atoms with van der Waals surface area (Å²) in [6.45, 7) is 5.82. The van der Waals surface area contributed by atoms with Crippen molar-refractivity contribution in [2.24, 2.45) is 0 Å². The molecule has 0 aromatic heterocycles. The fourth-order valence-corrected chi connectivity index (χ4v) is 4.41. The molecule has 1 amide bonds. The summed E-state index contributed by atoms with van der Waals surface area (Å²) in [6, 6.07) is 12.5. The molecule has 29 heavy (non-hydrogen) atoms. The van der Waals surface area contributed by atoms with Gasteiger partial charge in [0.15, 0.2) is 0 Å². The van der Waals surface area contributed by atoms with Crippen molar-refractivity contribution in [1.82, 2.24) is 5.32 Å². The molecule has 0 aliphatic rings. The molecular formula is C22H30N2O4S. The third-order valence-corrected chi connectivity index (χ3v) is 6.02. The molecule has 0 spiro atoms. The number of hydrogen-bond donors (Lipinski definition) is 1. The molecule has 0 aliphatic heterocycles. The van der Waals surface area contributed by atoms with Gasteiger partial charge in [-0.3, -0.25) is 9.10 Å². The average Bonchev–Trinajstić information content (AvgIpc) is 2.67. The van der Waals surface area contributed by atoms with E-state index in [-0.39, 0.29) is 5.91 Å².